The highest BCUT2D eigenvalue weighted by atomic mass is 32.2. The van der Waals surface area contributed by atoms with Gasteiger partial charge in [0.25, 0.3) is 17.8 Å². The fraction of sp³-hybridized carbons (Fsp3) is 0.238. The van der Waals surface area contributed by atoms with E-state index in [4.69, 9.17) is 0 Å². The van der Waals surface area contributed by atoms with Gasteiger partial charge in [0, 0.05) is 19.8 Å². The first-order valence-electron chi connectivity index (χ1n) is 9.00. The second kappa shape index (κ2) is 7.24. The van der Waals surface area contributed by atoms with E-state index in [0.29, 0.717) is 12.4 Å². The van der Waals surface area contributed by atoms with Crippen molar-refractivity contribution < 1.29 is 14.2 Å². The third-order valence-corrected chi connectivity index (χ3v) is 6.10. The number of benzene rings is 2. The minimum atomic E-state index is -0.583. The molecule has 7 heteroatoms. The van der Waals surface area contributed by atoms with Crippen molar-refractivity contribution in [2.24, 2.45) is 4.99 Å². The van der Waals surface area contributed by atoms with Gasteiger partial charge in [0.05, 0.1) is 0 Å². The zero-order valence-corrected chi connectivity index (χ0v) is 16.6. The van der Waals surface area contributed by atoms with Crippen LogP contribution in [0.25, 0.3) is 10.8 Å². The molecule has 1 fully saturated rings. The van der Waals surface area contributed by atoms with Gasteiger partial charge in [0.15, 0.2) is 0 Å². The first-order chi connectivity index (χ1) is 13.5. The number of nitrogens with zero attached hydrogens (tertiary/aromatic N) is 4. The molecule has 0 N–H and O–H groups in total. The molecule has 142 valence electrons. The molecule has 4 rings (SSSR count). The third-order valence-electron chi connectivity index (χ3n) is 5.06. The molecule has 2 aromatic rings. The summed E-state index contributed by atoms with van der Waals surface area (Å²) in [6.45, 7) is 4.30. The SMILES string of the molecule is C=CC[N+]1=C(SCc2cccc3ccccc23)N=C2C1C(=O)N(C)C(=O)N2C. The highest BCUT2D eigenvalue weighted by Gasteiger charge is 2.52. The molecule has 0 aliphatic carbocycles. The molecule has 0 spiro atoms. The van der Waals surface area contributed by atoms with Crippen molar-refractivity contribution in [1.29, 1.82) is 0 Å². The Kier molecular flexibility index (Phi) is 4.77. The lowest BCUT2D eigenvalue weighted by Gasteiger charge is -2.30. The molecule has 0 saturated carbocycles. The lowest BCUT2D eigenvalue weighted by Crippen LogP contribution is -2.61. The minimum Gasteiger partial charge on any atom is -0.269 e. The number of hydrogen-bond acceptors (Lipinski definition) is 4. The van der Waals surface area contributed by atoms with E-state index >= 15 is 0 Å². The molecule has 0 bridgehead atoms. The molecule has 2 aliphatic rings. The highest BCUT2D eigenvalue weighted by Crippen LogP contribution is 2.27. The van der Waals surface area contributed by atoms with Crippen molar-refractivity contribution in [3.63, 3.8) is 0 Å². The van der Waals surface area contributed by atoms with Gasteiger partial charge >= 0.3 is 11.2 Å². The van der Waals surface area contributed by atoms with E-state index in [2.05, 4.69) is 41.9 Å². The topological polar surface area (TPSA) is 56.0 Å². The van der Waals surface area contributed by atoms with E-state index in [9.17, 15) is 9.59 Å². The monoisotopic (exact) mass is 393 g/mol. The maximum absolute atomic E-state index is 12.7. The van der Waals surface area contributed by atoms with E-state index < -0.39 is 6.04 Å². The number of amides is 3. The lowest BCUT2D eigenvalue weighted by molar-refractivity contribution is -0.522. The highest BCUT2D eigenvalue weighted by molar-refractivity contribution is 8.13. The van der Waals surface area contributed by atoms with Crippen LogP contribution < -0.4 is 0 Å². The van der Waals surface area contributed by atoms with Crippen molar-refractivity contribution in [2.75, 3.05) is 20.6 Å². The zero-order valence-electron chi connectivity index (χ0n) is 15.8. The lowest BCUT2D eigenvalue weighted by atomic mass is 10.1. The van der Waals surface area contributed by atoms with E-state index in [1.165, 1.54) is 28.3 Å². The fourth-order valence-corrected chi connectivity index (χ4v) is 4.61. The molecule has 0 aromatic heterocycles. The van der Waals surface area contributed by atoms with Gasteiger partial charge in [-0.15, -0.1) is 0 Å². The van der Waals surface area contributed by atoms with Gasteiger partial charge in [0.2, 0.25) is 0 Å². The number of hydrogen-bond donors (Lipinski definition) is 0. The van der Waals surface area contributed by atoms with Crippen LogP contribution in [0.2, 0.25) is 0 Å². The van der Waals surface area contributed by atoms with Crippen molar-refractivity contribution in [3.8, 4) is 0 Å². The molecular weight excluding hydrogens is 372 g/mol. The first-order valence-corrected chi connectivity index (χ1v) is 9.99. The van der Waals surface area contributed by atoms with Gasteiger partial charge in [-0.05, 0) is 33.1 Å². The van der Waals surface area contributed by atoms with Crippen LogP contribution in [0.5, 0.6) is 0 Å². The Hall–Kier alpha value is -2.93. The summed E-state index contributed by atoms with van der Waals surface area (Å²) in [5.74, 6) is 0.940. The number of amidine groups is 2. The predicted molar refractivity (Wildman–Crippen MR) is 113 cm³/mol. The van der Waals surface area contributed by atoms with E-state index in [0.717, 1.165) is 15.8 Å². The minimum absolute atomic E-state index is 0.260. The molecule has 1 unspecified atom stereocenters. The molecule has 28 heavy (non-hydrogen) atoms. The Morgan fingerprint density at radius 1 is 1.14 bits per heavy atom. The molecule has 0 radical (unpaired) electrons. The number of likely N-dealkylation sites (N-methyl/N-ethyl adjacent to an activating group) is 2. The molecule has 1 atom stereocenters. The number of fused-ring (bicyclic) bond motifs is 2. The fourth-order valence-electron chi connectivity index (χ4n) is 3.57. The summed E-state index contributed by atoms with van der Waals surface area (Å²) in [5, 5.41) is 3.14. The molecule has 2 aliphatic heterocycles. The first kappa shape index (κ1) is 18.4. The van der Waals surface area contributed by atoms with E-state index in [-0.39, 0.29) is 11.9 Å². The van der Waals surface area contributed by atoms with Gasteiger partial charge in [0.1, 0.15) is 6.54 Å². The average Bonchev–Trinajstić information content (AvgIpc) is 3.08. The van der Waals surface area contributed by atoms with Crippen LogP contribution in [0.4, 0.5) is 4.79 Å². The average molecular weight is 393 g/mol. The van der Waals surface area contributed by atoms with Crippen LogP contribution in [0.1, 0.15) is 5.56 Å². The Balaban J connectivity index is 1.68. The summed E-state index contributed by atoms with van der Waals surface area (Å²) < 4.78 is 1.92. The molecule has 2 aromatic carbocycles. The number of rotatable bonds is 4. The van der Waals surface area contributed by atoms with Crippen molar-refractivity contribution >= 4 is 45.5 Å². The second-order valence-corrected chi connectivity index (χ2v) is 7.70. The van der Waals surface area contributed by atoms with Crippen LogP contribution in [-0.2, 0) is 10.5 Å². The maximum Gasteiger partial charge on any atom is 0.358 e. The van der Waals surface area contributed by atoms with Crippen LogP contribution in [-0.4, -0.2) is 64.0 Å². The Labute approximate surface area is 167 Å². The molecule has 1 saturated heterocycles. The van der Waals surface area contributed by atoms with Crippen LogP contribution in [0, 0.1) is 0 Å². The van der Waals surface area contributed by atoms with E-state index in [1.54, 1.807) is 24.9 Å². The normalized spacial score (nSPS) is 19.4. The zero-order chi connectivity index (χ0) is 19.8. The van der Waals surface area contributed by atoms with Gasteiger partial charge in [-0.1, -0.05) is 55.1 Å². The third kappa shape index (κ3) is 2.92. The van der Waals surface area contributed by atoms with Gasteiger partial charge in [-0.2, -0.15) is 0 Å². The van der Waals surface area contributed by atoms with Crippen molar-refractivity contribution in [1.82, 2.24) is 9.80 Å². The van der Waals surface area contributed by atoms with Gasteiger partial charge in [-0.3, -0.25) is 14.6 Å². The number of urea groups is 1. The van der Waals surface area contributed by atoms with Crippen LogP contribution in [0.15, 0.2) is 60.1 Å². The second-order valence-electron chi connectivity index (χ2n) is 6.76. The van der Waals surface area contributed by atoms with Crippen LogP contribution >= 0.6 is 11.8 Å². The quantitative estimate of drug-likeness (QED) is 0.593. The largest absolute Gasteiger partial charge is 0.358 e. The number of carbonyl (C=O) groups is 2. The molecule has 2 heterocycles. The summed E-state index contributed by atoms with van der Waals surface area (Å²) in [7, 11) is 3.16. The summed E-state index contributed by atoms with van der Waals surface area (Å²) in [6, 6.07) is 13.6. The Bertz CT molecular complexity index is 1050. The number of carbonyl (C=O) groups excluding carboxylic acids is 2. The summed E-state index contributed by atoms with van der Waals surface area (Å²) in [4.78, 5) is 32.3. The Morgan fingerprint density at radius 3 is 2.68 bits per heavy atom. The predicted octanol–water partition coefficient (Wildman–Crippen LogP) is 2.93. The molecule has 6 nitrogen and oxygen atoms in total. The number of imide groups is 1. The Morgan fingerprint density at radius 2 is 1.89 bits per heavy atom. The van der Waals surface area contributed by atoms with Crippen LogP contribution in [0.3, 0.4) is 0 Å². The van der Waals surface area contributed by atoms with E-state index in [1.807, 2.05) is 16.7 Å². The number of aliphatic imine (C=N–C) groups is 1. The smallest absolute Gasteiger partial charge is 0.269 e. The molecule has 3 amide bonds. The van der Waals surface area contributed by atoms with Gasteiger partial charge < -0.3 is 0 Å². The summed E-state index contributed by atoms with van der Waals surface area (Å²) >= 11 is 1.57. The standard InChI is InChI=1S/C21H21N4O2S/c1-4-12-25-17-18(23(2)21(27)24(3)19(17)26)22-20(25)28-13-15-10-7-9-14-8-5-6-11-16(14)15/h4-11,17H,1,12-13H2,2-3H3/q+1. The number of thioether (sulfide) groups is 1. The summed E-state index contributed by atoms with van der Waals surface area (Å²) in [5.41, 5.74) is 1.21. The molecular formula is C21H21N4O2S+. The maximum atomic E-state index is 12.7. The van der Waals surface area contributed by atoms with Gasteiger partial charge in [-0.25, -0.2) is 9.37 Å². The van der Waals surface area contributed by atoms with Crippen molar-refractivity contribution in [2.45, 2.75) is 11.8 Å². The summed E-state index contributed by atoms with van der Waals surface area (Å²) in [6.07, 6.45) is 1.75. The van der Waals surface area contributed by atoms with Crippen molar-refractivity contribution in [3.05, 3.63) is 60.7 Å².